The maximum absolute atomic E-state index is 3.88. The predicted molar refractivity (Wildman–Crippen MR) is 69.6 cm³/mol. The molecule has 2 aliphatic carbocycles. The van der Waals surface area contributed by atoms with E-state index >= 15 is 0 Å². The van der Waals surface area contributed by atoms with Gasteiger partial charge in [-0.05, 0) is 45.1 Å². The van der Waals surface area contributed by atoms with Gasteiger partial charge in [0.25, 0.3) is 0 Å². The Balaban J connectivity index is 1.76. The molecular formula is C14H26N2. The second kappa shape index (κ2) is 5.33. The molecule has 2 unspecified atom stereocenters. The number of nitrogens with zero attached hydrogens (tertiary/aromatic N) is 1. The van der Waals surface area contributed by atoms with Gasteiger partial charge in [-0.1, -0.05) is 13.0 Å². The van der Waals surface area contributed by atoms with Gasteiger partial charge in [-0.25, -0.2) is 0 Å². The van der Waals surface area contributed by atoms with Crippen LogP contribution in [0.2, 0.25) is 0 Å². The molecule has 2 nitrogen and oxygen atoms in total. The molecule has 1 N–H and O–H groups in total. The third kappa shape index (κ3) is 3.33. The van der Waals surface area contributed by atoms with Crippen LogP contribution in [-0.4, -0.2) is 36.1 Å². The lowest BCUT2D eigenvalue weighted by atomic mass is 10.0. The highest BCUT2D eigenvalue weighted by molar-refractivity contribution is 4.93. The maximum Gasteiger partial charge on any atom is 0.0166 e. The summed E-state index contributed by atoms with van der Waals surface area (Å²) >= 11 is 0. The summed E-state index contributed by atoms with van der Waals surface area (Å²) in [5, 5.41) is 3.64. The normalized spacial score (nSPS) is 24.4. The van der Waals surface area contributed by atoms with Gasteiger partial charge in [0.05, 0.1) is 0 Å². The molecule has 2 atom stereocenters. The van der Waals surface area contributed by atoms with E-state index in [1.807, 2.05) is 0 Å². The van der Waals surface area contributed by atoms with Crippen LogP contribution in [0.15, 0.2) is 12.7 Å². The molecule has 0 bridgehead atoms. The van der Waals surface area contributed by atoms with Crippen molar-refractivity contribution in [2.24, 2.45) is 5.92 Å². The van der Waals surface area contributed by atoms with E-state index in [-0.39, 0.29) is 0 Å². The van der Waals surface area contributed by atoms with Crippen molar-refractivity contribution in [1.29, 1.82) is 0 Å². The second-order valence-corrected chi connectivity index (χ2v) is 5.62. The summed E-state index contributed by atoms with van der Waals surface area (Å²) in [5.74, 6) is 0.737. The predicted octanol–water partition coefficient (Wildman–Crippen LogP) is 2.41. The Labute approximate surface area is 100 Å². The van der Waals surface area contributed by atoms with E-state index in [1.54, 1.807) is 0 Å². The van der Waals surface area contributed by atoms with E-state index in [0.29, 0.717) is 6.04 Å². The lowest BCUT2D eigenvalue weighted by Crippen LogP contribution is -2.42. The van der Waals surface area contributed by atoms with Gasteiger partial charge >= 0.3 is 0 Å². The molecule has 0 aromatic rings. The molecule has 2 saturated carbocycles. The average Bonchev–Trinajstić information content (AvgIpc) is 3.15. The quantitative estimate of drug-likeness (QED) is 0.635. The fourth-order valence-electron chi connectivity index (χ4n) is 2.34. The van der Waals surface area contributed by atoms with Gasteiger partial charge in [0, 0.05) is 24.7 Å². The monoisotopic (exact) mass is 222 g/mol. The summed E-state index contributed by atoms with van der Waals surface area (Å²) in [4.78, 5) is 2.63. The summed E-state index contributed by atoms with van der Waals surface area (Å²) in [6.07, 6.45) is 7.61. The summed E-state index contributed by atoms with van der Waals surface area (Å²) in [6, 6.07) is 2.36. The lowest BCUT2D eigenvalue weighted by Gasteiger charge is -2.32. The second-order valence-electron chi connectivity index (χ2n) is 5.62. The van der Waals surface area contributed by atoms with Crippen LogP contribution in [-0.2, 0) is 0 Å². The van der Waals surface area contributed by atoms with E-state index in [2.05, 4.69) is 36.7 Å². The van der Waals surface area contributed by atoms with Gasteiger partial charge in [0.15, 0.2) is 0 Å². The van der Waals surface area contributed by atoms with E-state index in [1.165, 1.54) is 32.2 Å². The Morgan fingerprint density at radius 1 is 1.31 bits per heavy atom. The molecule has 2 aliphatic rings. The molecule has 0 aromatic carbocycles. The average molecular weight is 222 g/mol. The highest BCUT2D eigenvalue weighted by Gasteiger charge is 2.33. The van der Waals surface area contributed by atoms with Crippen molar-refractivity contribution in [3.05, 3.63) is 12.7 Å². The topological polar surface area (TPSA) is 15.3 Å². The first-order valence-electron chi connectivity index (χ1n) is 6.82. The smallest absolute Gasteiger partial charge is 0.0166 e. The molecule has 0 heterocycles. The van der Waals surface area contributed by atoms with E-state index in [0.717, 1.165) is 24.5 Å². The van der Waals surface area contributed by atoms with Gasteiger partial charge in [-0.15, -0.1) is 6.58 Å². The first kappa shape index (κ1) is 12.1. The number of hydrogen-bond donors (Lipinski definition) is 1. The Morgan fingerprint density at radius 2 is 2.00 bits per heavy atom. The Bertz CT molecular complexity index is 231. The SMILES string of the molecule is C=CCN(C1CC1)C(C)C(C)CNC1CC1. The summed E-state index contributed by atoms with van der Waals surface area (Å²) < 4.78 is 0. The molecule has 2 fully saturated rings. The molecule has 0 saturated heterocycles. The van der Waals surface area contributed by atoms with Crippen LogP contribution < -0.4 is 5.32 Å². The number of rotatable bonds is 8. The maximum atomic E-state index is 3.88. The van der Waals surface area contributed by atoms with Crippen LogP contribution in [0.4, 0.5) is 0 Å². The van der Waals surface area contributed by atoms with Crippen molar-refractivity contribution in [2.75, 3.05) is 13.1 Å². The van der Waals surface area contributed by atoms with Crippen molar-refractivity contribution in [3.8, 4) is 0 Å². The van der Waals surface area contributed by atoms with E-state index < -0.39 is 0 Å². The highest BCUT2D eigenvalue weighted by Crippen LogP contribution is 2.30. The molecule has 0 spiro atoms. The minimum atomic E-state index is 0.678. The van der Waals surface area contributed by atoms with Gasteiger partial charge in [0.1, 0.15) is 0 Å². The van der Waals surface area contributed by atoms with Crippen molar-refractivity contribution in [2.45, 2.75) is 57.7 Å². The molecule has 0 aliphatic heterocycles. The zero-order valence-electron chi connectivity index (χ0n) is 10.8. The third-order valence-corrected chi connectivity index (χ3v) is 4.01. The van der Waals surface area contributed by atoms with Crippen molar-refractivity contribution >= 4 is 0 Å². The minimum Gasteiger partial charge on any atom is -0.314 e. The zero-order valence-corrected chi connectivity index (χ0v) is 10.8. The Hall–Kier alpha value is -0.340. The van der Waals surface area contributed by atoms with Crippen molar-refractivity contribution in [3.63, 3.8) is 0 Å². The molecule has 2 rings (SSSR count). The summed E-state index contributed by atoms with van der Waals surface area (Å²) in [7, 11) is 0. The van der Waals surface area contributed by atoms with Crippen LogP contribution in [0, 0.1) is 5.92 Å². The fourth-order valence-corrected chi connectivity index (χ4v) is 2.34. The van der Waals surface area contributed by atoms with E-state index in [4.69, 9.17) is 0 Å². The molecule has 2 heteroatoms. The fraction of sp³-hybridized carbons (Fsp3) is 0.857. The van der Waals surface area contributed by atoms with Gasteiger partial charge < -0.3 is 5.32 Å². The molecule has 0 aromatic heterocycles. The lowest BCUT2D eigenvalue weighted by molar-refractivity contribution is 0.167. The Kier molecular flexibility index (Phi) is 4.04. The zero-order chi connectivity index (χ0) is 11.5. The minimum absolute atomic E-state index is 0.678. The molecule has 0 amide bonds. The van der Waals surface area contributed by atoms with Gasteiger partial charge in [0.2, 0.25) is 0 Å². The molecule has 16 heavy (non-hydrogen) atoms. The first-order valence-corrected chi connectivity index (χ1v) is 6.82. The highest BCUT2D eigenvalue weighted by atomic mass is 15.2. The van der Waals surface area contributed by atoms with Gasteiger partial charge in [-0.2, -0.15) is 0 Å². The van der Waals surface area contributed by atoms with Crippen LogP contribution >= 0.6 is 0 Å². The van der Waals surface area contributed by atoms with Crippen LogP contribution in [0.1, 0.15) is 39.5 Å². The molecule has 92 valence electrons. The van der Waals surface area contributed by atoms with Crippen molar-refractivity contribution < 1.29 is 0 Å². The largest absolute Gasteiger partial charge is 0.314 e. The molecule has 0 radical (unpaired) electrons. The third-order valence-electron chi connectivity index (χ3n) is 4.01. The van der Waals surface area contributed by atoms with Gasteiger partial charge in [-0.3, -0.25) is 4.90 Å². The first-order chi connectivity index (χ1) is 7.72. The Morgan fingerprint density at radius 3 is 2.50 bits per heavy atom. The number of hydrogen-bond acceptors (Lipinski definition) is 2. The summed E-state index contributed by atoms with van der Waals surface area (Å²) in [5.41, 5.74) is 0. The van der Waals surface area contributed by atoms with E-state index in [9.17, 15) is 0 Å². The van der Waals surface area contributed by atoms with Crippen LogP contribution in [0.25, 0.3) is 0 Å². The summed E-state index contributed by atoms with van der Waals surface area (Å²) in [6.45, 7) is 10.9. The van der Waals surface area contributed by atoms with Crippen molar-refractivity contribution in [1.82, 2.24) is 10.2 Å². The standard InChI is InChI=1S/C14H26N2/c1-4-9-16(14-7-8-14)12(3)11(2)10-15-13-5-6-13/h4,11-15H,1,5-10H2,2-3H3. The molecular weight excluding hydrogens is 196 g/mol. The number of nitrogens with one attached hydrogen (secondary N) is 1. The van der Waals surface area contributed by atoms with Crippen LogP contribution in [0.5, 0.6) is 0 Å². The van der Waals surface area contributed by atoms with Crippen LogP contribution in [0.3, 0.4) is 0 Å².